The lowest BCUT2D eigenvalue weighted by Gasteiger charge is -2.12. The van der Waals surface area contributed by atoms with Gasteiger partial charge in [-0.25, -0.2) is 5.43 Å². The summed E-state index contributed by atoms with van der Waals surface area (Å²) >= 11 is 9.16. The molecule has 0 saturated carbocycles. The highest BCUT2D eigenvalue weighted by Gasteiger charge is 2.13. The standard InChI is InChI=1S/C16H14BrClN2O2/c1-11(22-15-7-5-14(18)6-8-15)16(21)20-19-10-12-3-2-4-13(17)9-12/h2-11H,1H3,(H,20,21)/b19-10+. The van der Waals surface area contributed by atoms with Crippen LogP contribution in [0.2, 0.25) is 5.02 Å². The maximum atomic E-state index is 11.9. The van der Waals surface area contributed by atoms with Crippen LogP contribution in [0.15, 0.2) is 58.1 Å². The minimum atomic E-state index is -0.666. The summed E-state index contributed by atoms with van der Waals surface area (Å²) in [5, 5.41) is 4.53. The fraction of sp³-hybridized carbons (Fsp3) is 0.125. The number of benzene rings is 2. The first-order valence-electron chi connectivity index (χ1n) is 6.55. The van der Waals surface area contributed by atoms with Crippen LogP contribution in [0.25, 0.3) is 0 Å². The Balaban J connectivity index is 1.87. The maximum Gasteiger partial charge on any atom is 0.280 e. The lowest BCUT2D eigenvalue weighted by Crippen LogP contribution is -2.33. The van der Waals surface area contributed by atoms with Crippen molar-refractivity contribution in [2.45, 2.75) is 13.0 Å². The SMILES string of the molecule is CC(Oc1ccc(Cl)cc1)C(=O)N/N=C/c1cccc(Br)c1. The Kier molecular flexibility index (Phi) is 5.98. The van der Waals surface area contributed by atoms with Gasteiger partial charge in [0.2, 0.25) is 0 Å². The summed E-state index contributed by atoms with van der Waals surface area (Å²) in [6, 6.07) is 14.4. The highest BCUT2D eigenvalue weighted by atomic mass is 79.9. The van der Waals surface area contributed by atoms with Crippen molar-refractivity contribution in [1.29, 1.82) is 0 Å². The molecule has 1 unspecified atom stereocenters. The fourth-order valence-electron chi connectivity index (χ4n) is 1.62. The number of hydrazone groups is 1. The lowest BCUT2D eigenvalue weighted by molar-refractivity contribution is -0.127. The quantitative estimate of drug-likeness (QED) is 0.628. The maximum absolute atomic E-state index is 11.9. The Labute approximate surface area is 142 Å². The Bertz CT molecular complexity index is 674. The van der Waals surface area contributed by atoms with Crippen LogP contribution >= 0.6 is 27.5 Å². The normalized spacial score (nSPS) is 12.1. The first-order valence-corrected chi connectivity index (χ1v) is 7.72. The summed E-state index contributed by atoms with van der Waals surface area (Å²) in [5.41, 5.74) is 3.32. The molecular weight excluding hydrogens is 368 g/mol. The Morgan fingerprint density at radius 2 is 2.05 bits per heavy atom. The van der Waals surface area contributed by atoms with Crippen molar-refractivity contribution in [3.05, 3.63) is 63.6 Å². The van der Waals surface area contributed by atoms with Gasteiger partial charge in [-0.05, 0) is 48.9 Å². The Hall–Kier alpha value is -1.85. The lowest BCUT2D eigenvalue weighted by atomic mass is 10.2. The number of amides is 1. The highest BCUT2D eigenvalue weighted by molar-refractivity contribution is 9.10. The van der Waals surface area contributed by atoms with E-state index in [1.54, 1.807) is 37.4 Å². The van der Waals surface area contributed by atoms with E-state index in [-0.39, 0.29) is 5.91 Å². The number of ether oxygens (including phenoxy) is 1. The van der Waals surface area contributed by atoms with Crippen LogP contribution in [0.5, 0.6) is 5.75 Å². The fourth-order valence-corrected chi connectivity index (χ4v) is 2.16. The number of rotatable bonds is 5. The molecule has 0 aliphatic heterocycles. The van der Waals surface area contributed by atoms with Crippen molar-refractivity contribution in [3.8, 4) is 5.75 Å². The van der Waals surface area contributed by atoms with E-state index in [9.17, 15) is 4.79 Å². The van der Waals surface area contributed by atoms with Gasteiger partial charge in [0, 0.05) is 9.50 Å². The largest absolute Gasteiger partial charge is 0.481 e. The van der Waals surface area contributed by atoms with Gasteiger partial charge in [-0.1, -0.05) is 39.7 Å². The average Bonchev–Trinajstić information content (AvgIpc) is 2.49. The molecule has 2 rings (SSSR count). The van der Waals surface area contributed by atoms with Crippen LogP contribution in [-0.2, 0) is 4.79 Å². The molecule has 0 radical (unpaired) electrons. The van der Waals surface area contributed by atoms with Gasteiger partial charge < -0.3 is 4.74 Å². The number of hydrogen-bond acceptors (Lipinski definition) is 3. The number of nitrogens with zero attached hydrogens (tertiary/aromatic N) is 1. The molecule has 0 aliphatic carbocycles. The van der Waals surface area contributed by atoms with E-state index in [0.717, 1.165) is 10.0 Å². The van der Waals surface area contributed by atoms with Crippen molar-refractivity contribution in [2.24, 2.45) is 5.10 Å². The molecule has 0 aliphatic rings. The average molecular weight is 382 g/mol. The molecule has 6 heteroatoms. The first-order chi connectivity index (χ1) is 10.5. The minimum Gasteiger partial charge on any atom is -0.481 e. The van der Waals surface area contributed by atoms with Gasteiger partial charge in [-0.3, -0.25) is 4.79 Å². The van der Waals surface area contributed by atoms with Gasteiger partial charge in [0.05, 0.1) is 6.21 Å². The van der Waals surface area contributed by atoms with Gasteiger partial charge in [-0.15, -0.1) is 0 Å². The third kappa shape index (κ3) is 5.16. The van der Waals surface area contributed by atoms with Gasteiger partial charge in [0.15, 0.2) is 6.10 Å². The van der Waals surface area contributed by atoms with E-state index in [4.69, 9.17) is 16.3 Å². The predicted octanol–water partition coefficient (Wildman–Crippen LogP) is 4.02. The van der Waals surface area contributed by atoms with Crippen molar-refractivity contribution >= 4 is 39.7 Å². The van der Waals surface area contributed by atoms with Gasteiger partial charge in [0.25, 0.3) is 5.91 Å². The van der Waals surface area contributed by atoms with Gasteiger partial charge in [0.1, 0.15) is 5.75 Å². The van der Waals surface area contributed by atoms with Crippen molar-refractivity contribution in [3.63, 3.8) is 0 Å². The van der Waals surface area contributed by atoms with E-state index in [2.05, 4.69) is 26.5 Å². The molecule has 1 atom stereocenters. The van der Waals surface area contributed by atoms with E-state index >= 15 is 0 Å². The topological polar surface area (TPSA) is 50.7 Å². The van der Waals surface area contributed by atoms with Gasteiger partial charge in [-0.2, -0.15) is 5.10 Å². The molecule has 114 valence electrons. The minimum absolute atomic E-state index is 0.332. The van der Waals surface area contributed by atoms with Crippen LogP contribution < -0.4 is 10.2 Å². The van der Waals surface area contributed by atoms with Crippen molar-refractivity contribution in [2.75, 3.05) is 0 Å². The van der Waals surface area contributed by atoms with Gasteiger partial charge >= 0.3 is 0 Å². The smallest absolute Gasteiger partial charge is 0.280 e. The predicted molar refractivity (Wildman–Crippen MR) is 91.4 cm³/mol. The molecule has 0 spiro atoms. The molecule has 1 amide bonds. The molecule has 0 heterocycles. The molecule has 4 nitrogen and oxygen atoms in total. The summed E-state index contributed by atoms with van der Waals surface area (Å²) in [6.07, 6.45) is 0.901. The summed E-state index contributed by atoms with van der Waals surface area (Å²) in [7, 11) is 0. The van der Waals surface area contributed by atoms with E-state index in [1.165, 1.54) is 0 Å². The number of halogens is 2. The summed E-state index contributed by atoms with van der Waals surface area (Å²) in [5.74, 6) is 0.240. The van der Waals surface area contributed by atoms with Crippen LogP contribution in [-0.4, -0.2) is 18.2 Å². The zero-order valence-corrected chi connectivity index (χ0v) is 14.1. The monoisotopic (exact) mass is 380 g/mol. The molecule has 2 aromatic rings. The second kappa shape index (κ2) is 7.96. The number of carbonyl (C=O) groups excluding carboxylic acids is 1. The van der Waals surface area contributed by atoms with Crippen LogP contribution in [0, 0.1) is 0 Å². The third-order valence-corrected chi connectivity index (χ3v) is 3.48. The molecule has 22 heavy (non-hydrogen) atoms. The Morgan fingerprint density at radius 1 is 1.32 bits per heavy atom. The summed E-state index contributed by atoms with van der Waals surface area (Å²) < 4.78 is 6.45. The molecule has 0 fully saturated rings. The zero-order chi connectivity index (χ0) is 15.9. The Morgan fingerprint density at radius 3 is 2.73 bits per heavy atom. The van der Waals surface area contributed by atoms with Crippen molar-refractivity contribution < 1.29 is 9.53 Å². The number of hydrogen-bond donors (Lipinski definition) is 1. The van der Waals surface area contributed by atoms with Crippen molar-refractivity contribution in [1.82, 2.24) is 5.43 Å². The molecule has 1 N–H and O–H groups in total. The summed E-state index contributed by atoms with van der Waals surface area (Å²) in [4.78, 5) is 11.9. The third-order valence-electron chi connectivity index (χ3n) is 2.73. The second-order valence-corrected chi connectivity index (χ2v) is 5.86. The molecule has 0 bridgehead atoms. The molecule has 0 aromatic heterocycles. The second-order valence-electron chi connectivity index (χ2n) is 4.50. The number of nitrogens with one attached hydrogen (secondary N) is 1. The van der Waals surface area contributed by atoms with Crippen LogP contribution in [0.3, 0.4) is 0 Å². The summed E-state index contributed by atoms with van der Waals surface area (Å²) in [6.45, 7) is 1.65. The molecular formula is C16H14BrClN2O2. The van der Waals surface area contributed by atoms with Crippen LogP contribution in [0.1, 0.15) is 12.5 Å². The zero-order valence-electron chi connectivity index (χ0n) is 11.8. The van der Waals surface area contributed by atoms with E-state index in [1.807, 2.05) is 24.3 Å². The molecule has 0 saturated heterocycles. The van der Waals surface area contributed by atoms with E-state index in [0.29, 0.717) is 10.8 Å². The first kappa shape index (κ1) is 16.5. The van der Waals surface area contributed by atoms with E-state index < -0.39 is 6.10 Å². The number of carbonyl (C=O) groups is 1. The highest BCUT2D eigenvalue weighted by Crippen LogP contribution is 2.16. The molecule has 2 aromatic carbocycles. The van der Waals surface area contributed by atoms with Crippen LogP contribution in [0.4, 0.5) is 0 Å².